The van der Waals surface area contributed by atoms with Gasteiger partial charge in [-0.2, -0.15) is 8.42 Å². The molecule has 0 spiro atoms. The zero-order chi connectivity index (χ0) is 11.4. The van der Waals surface area contributed by atoms with Gasteiger partial charge in [-0.25, -0.2) is 0 Å². The third-order valence-corrected chi connectivity index (χ3v) is 3.00. The molecule has 0 aliphatic rings. The first-order valence-electron chi connectivity index (χ1n) is 3.80. The molecule has 0 aliphatic carbocycles. The lowest BCUT2D eigenvalue weighted by Gasteiger charge is -2.26. The molecule has 1 N–H and O–H groups in total. The van der Waals surface area contributed by atoms with E-state index in [1.165, 1.54) is 0 Å². The van der Waals surface area contributed by atoms with Crippen LogP contribution in [0.1, 0.15) is 13.8 Å². The molecule has 86 valence electrons. The standard InChI is InChI=1S/C6H13Cl2NO4S/c1-6(2,9(7)8)5-13-3-4-14(10,11)12/h3-5H2,1-2H3,(H,10,11,12). The molecule has 0 atom stereocenters. The summed E-state index contributed by atoms with van der Waals surface area (Å²) in [5.74, 6) is -0.437. The third-order valence-electron chi connectivity index (χ3n) is 1.40. The number of ether oxygens (including phenoxy) is 1. The van der Waals surface area contributed by atoms with Gasteiger partial charge in [-0.05, 0) is 37.4 Å². The van der Waals surface area contributed by atoms with E-state index in [4.69, 9.17) is 32.8 Å². The molecule has 0 saturated heterocycles. The lowest BCUT2D eigenvalue weighted by atomic mass is 10.1. The van der Waals surface area contributed by atoms with Gasteiger partial charge in [0.1, 0.15) is 0 Å². The lowest BCUT2D eigenvalue weighted by molar-refractivity contribution is 0.0814. The minimum atomic E-state index is -3.97. The van der Waals surface area contributed by atoms with E-state index < -0.39 is 21.4 Å². The van der Waals surface area contributed by atoms with E-state index in [0.29, 0.717) is 0 Å². The van der Waals surface area contributed by atoms with Gasteiger partial charge in [-0.1, -0.05) is 0 Å². The van der Waals surface area contributed by atoms with Gasteiger partial charge in [0.25, 0.3) is 10.1 Å². The fourth-order valence-electron chi connectivity index (χ4n) is 0.535. The highest BCUT2D eigenvalue weighted by atomic mass is 35.5. The van der Waals surface area contributed by atoms with Crippen LogP contribution in [0.2, 0.25) is 0 Å². The van der Waals surface area contributed by atoms with Crippen LogP contribution in [0.25, 0.3) is 0 Å². The molecule has 0 radical (unpaired) electrons. The molecule has 5 nitrogen and oxygen atoms in total. The number of hydrogen-bond acceptors (Lipinski definition) is 4. The number of nitrogens with zero attached hydrogens (tertiary/aromatic N) is 1. The molecule has 0 rings (SSSR count). The van der Waals surface area contributed by atoms with Gasteiger partial charge in [-0.3, -0.25) is 4.55 Å². The first-order chi connectivity index (χ1) is 6.15. The van der Waals surface area contributed by atoms with Crippen molar-refractivity contribution in [1.82, 2.24) is 3.94 Å². The first kappa shape index (κ1) is 14.4. The average molecular weight is 266 g/mol. The van der Waals surface area contributed by atoms with Crippen molar-refractivity contribution in [1.29, 1.82) is 0 Å². The van der Waals surface area contributed by atoms with Crippen LogP contribution in [0.5, 0.6) is 0 Å². The van der Waals surface area contributed by atoms with Crippen LogP contribution >= 0.6 is 23.6 Å². The molecule has 14 heavy (non-hydrogen) atoms. The number of halogens is 2. The van der Waals surface area contributed by atoms with E-state index in [-0.39, 0.29) is 13.2 Å². The Morgan fingerprint density at radius 1 is 1.43 bits per heavy atom. The van der Waals surface area contributed by atoms with E-state index in [1.807, 2.05) is 0 Å². The molecular weight excluding hydrogens is 253 g/mol. The fourth-order valence-corrected chi connectivity index (χ4v) is 0.961. The Bertz CT molecular complexity index is 265. The summed E-state index contributed by atoms with van der Waals surface area (Å²) in [6.07, 6.45) is 0. The van der Waals surface area contributed by atoms with Gasteiger partial charge < -0.3 is 4.74 Å². The molecule has 0 saturated carbocycles. The van der Waals surface area contributed by atoms with Gasteiger partial charge >= 0.3 is 0 Å². The van der Waals surface area contributed by atoms with Crippen molar-refractivity contribution < 1.29 is 17.7 Å². The predicted molar refractivity (Wildman–Crippen MR) is 54.9 cm³/mol. The van der Waals surface area contributed by atoms with E-state index >= 15 is 0 Å². The second-order valence-corrected chi connectivity index (χ2v) is 5.81. The largest absolute Gasteiger partial charge is 0.378 e. The van der Waals surface area contributed by atoms with E-state index in [0.717, 1.165) is 3.94 Å². The average Bonchev–Trinajstić information content (AvgIpc) is 1.96. The first-order valence-corrected chi connectivity index (χ1v) is 6.08. The van der Waals surface area contributed by atoms with Crippen LogP contribution in [-0.2, 0) is 14.9 Å². The number of hydrogen-bond donors (Lipinski definition) is 1. The summed E-state index contributed by atoms with van der Waals surface area (Å²) in [7, 11) is -3.97. The Kier molecular flexibility index (Phi) is 5.64. The highest BCUT2D eigenvalue weighted by Gasteiger charge is 2.24. The Morgan fingerprint density at radius 3 is 2.29 bits per heavy atom. The van der Waals surface area contributed by atoms with Crippen LogP contribution < -0.4 is 0 Å². The van der Waals surface area contributed by atoms with Gasteiger partial charge in [0.05, 0.1) is 24.5 Å². The molecule has 0 bridgehead atoms. The third kappa shape index (κ3) is 6.80. The van der Waals surface area contributed by atoms with Crippen LogP contribution in [0.4, 0.5) is 0 Å². The minimum Gasteiger partial charge on any atom is -0.378 e. The Labute approximate surface area is 93.9 Å². The second kappa shape index (κ2) is 5.48. The fraction of sp³-hybridized carbons (Fsp3) is 1.00. The second-order valence-electron chi connectivity index (χ2n) is 3.38. The van der Waals surface area contributed by atoms with Crippen molar-refractivity contribution in [3.8, 4) is 0 Å². The van der Waals surface area contributed by atoms with Crippen LogP contribution in [0.15, 0.2) is 0 Å². The van der Waals surface area contributed by atoms with Crippen LogP contribution in [0.3, 0.4) is 0 Å². The maximum absolute atomic E-state index is 10.3. The smallest absolute Gasteiger partial charge is 0.267 e. The van der Waals surface area contributed by atoms with Crippen LogP contribution in [0, 0.1) is 0 Å². The summed E-state index contributed by atoms with van der Waals surface area (Å²) in [5, 5.41) is 0. The molecule has 0 aliphatic heterocycles. The maximum atomic E-state index is 10.3. The van der Waals surface area contributed by atoms with E-state index in [2.05, 4.69) is 0 Å². The normalized spacial score (nSPS) is 13.6. The summed E-state index contributed by atoms with van der Waals surface area (Å²) in [5.41, 5.74) is -0.609. The molecule has 0 unspecified atom stereocenters. The molecule has 0 heterocycles. The van der Waals surface area contributed by atoms with Crippen molar-refractivity contribution >= 4 is 33.7 Å². The lowest BCUT2D eigenvalue weighted by Crippen LogP contribution is -2.37. The zero-order valence-corrected chi connectivity index (χ0v) is 10.2. The van der Waals surface area contributed by atoms with Crippen molar-refractivity contribution in [3.63, 3.8) is 0 Å². The summed E-state index contributed by atoms with van der Waals surface area (Å²) in [6, 6.07) is 0. The maximum Gasteiger partial charge on any atom is 0.267 e. The molecule has 8 heteroatoms. The Balaban J connectivity index is 3.76. The summed E-state index contributed by atoms with van der Waals surface area (Å²) < 4.78 is 34.9. The molecule has 0 aromatic rings. The highest BCUT2D eigenvalue weighted by molar-refractivity contribution is 7.85. The number of rotatable bonds is 6. The Hall–Kier alpha value is 0.410. The highest BCUT2D eigenvalue weighted by Crippen LogP contribution is 2.19. The topological polar surface area (TPSA) is 66.8 Å². The summed E-state index contributed by atoms with van der Waals surface area (Å²) in [6.45, 7) is 3.51. The predicted octanol–water partition coefficient (Wildman–Crippen LogP) is 1.28. The van der Waals surface area contributed by atoms with Gasteiger partial charge in [0, 0.05) is 0 Å². The van der Waals surface area contributed by atoms with Crippen LogP contribution in [-0.4, -0.2) is 41.4 Å². The quantitative estimate of drug-likeness (QED) is 0.445. The molecule has 0 aromatic carbocycles. The van der Waals surface area contributed by atoms with Gasteiger partial charge in [0.15, 0.2) is 0 Å². The molecular formula is C6H13Cl2NO4S. The monoisotopic (exact) mass is 265 g/mol. The van der Waals surface area contributed by atoms with Crippen molar-refractivity contribution in [2.75, 3.05) is 19.0 Å². The van der Waals surface area contributed by atoms with Crippen molar-refractivity contribution in [3.05, 3.63) is 0 Å². The molecule has 0 aromatic heterocycles. The Morgan fingerprint density at radius 2 is 1.93 bits per heavy atom. The van der Waals surface area contributed by atoms with E-state index in [1.54, 1.807) is 13.8 Å². The molecule has 0 amide bonds. The molecule has 0 fully saturated rings. The minimum absolute atomic E-state index is 0.0934. The summed E-state index contributed by atoms with van der Waals surface area (Å²) >= 11 is 11.0. The van der Waals surface area contributed by atoms with Crippen molar-refractivity contribution in [2.45, 2.75) is 19.4 Å². The zero-order valence-electron chi connectivity index (χ0n) is 7.90. The van der Waals surface area contributed by atoms with Crippen molar-refractivity contribution in [2.24, 2.45) is 0 Å². The summed E-state index contributed by atoms with van der Waals surface area (Å²) in [4.78, 5) is 0. The van der Waals surface area contributed by atoms with Gasteiger partial charge in [-0.15, -0.1) is 3.94 Å². The SMILES string of the molecule is CC(C)(COCCS(=O)(=O)O)N(Cl)Cl. The van der Waals surface area contributed by atoms with Gasteiger partial charge in [0.2, 0.25) is 0 Å². The van der Waals surface area contributed by atoms with E-state index in [9.17, 15) is 8.42 Å².